The monoisotopic (exact) mass is 401 g/mol. The Morgan fingerprint density at radius 2 is 1.77 bits per heavy atom. The number of carbonyl (C=O) groups excluding carboxylic acids is 1. The van der Waals surface area contributed by atoms with Crippen LogP contribution in [0.15, 0.2) is 60.9 Å². The highest BCUT2D eigenvalue weighted by Crippen LogP contribution is 2.25. The van der Waals surface area contributed by atoms with E-state index in [2.05, 4.69) is 25.5 Å². The van der Waals surface area contributed by atoms with Crippen molar-refractivity contribution in [3.63, 3.8) is 0 Å². The minimum absolute atomic E-state index is 0.281. The molecular weight excluding hydrogens is 378 g/mol. The van der Waals surface area contributed by atoms with E-state index in [0.29, 0.717) is 12.5 Å². The predicted molar refractivity (Wildman–Crippen MR) is 116 cm³/mol. The lowest BCUT2D eigenvalue weighted by atomic mass is 10.1. The summed E-state index contributed by atoms with van der Waals surface area (Å²) >= 11 is 0. The van der Waals surface area contributed by atoms with E-state index in [4.69, 9.17) is 4.74 Å². The third-order valence-corrected chi connectivity index (χ3v) is 4.43. The van der Waals surface area contributed by atoms with Crippen LogP contribution in [0.25, 0.3) is 22.0 Å². The first-order chi connectivity index (χ1) is 14.4. The van der Waals surface area contributed by atoms with Gasteiger partial charge in [0.2, 0.25) is 5.95 Å². The number of benzene rings is 2. The number of nitrogens with zero attached hydrogens (tertiary/aromatic N) is 3. The largest absolute Gasteiger partial charge is 0.455 e. The Morgan fingerprint density at radius 3 is 2.47 bits per heavy atom. The number of ether oxygens (including phenoxy) is 1. The van der Waals surface area contributed by atoms with Crippen LogP contribution in [0.2, 0.25) is 0 Å². The lowest BCUT2D eigenvalue weighted by Crippen LogP contribution is -2.24. The average Bonchev–Trinajstić information content (AvgIpc) is 3.16. The highest BCUT2D eigenvalue weighted by atomic mass is 16.6. The Balaban J connectivity index is 1.50. The lowest BCUT2D eigenvalue weighted by Gasteiger charge is -2.18. The molecule has 0 spiro atoms. The third kappa shape index (κ3) is 4.46. The molecule has 0 aliphatic carbocycles. The minimum atomic E-state index is -0.573. The van der Waals surface area contributed by atoms with Gasteiger partial charge in [-0.2, -0.15) is 5.10 Å². The smallest absolute Gasteiger partial charge is 0.360 e. The van der Waals surface area contributed by atoms with Crippen LogP contribution in [-0.2, 0) is 11.3 Å². The van der Waals surface area contributed by atoms with Gasteiger partial charge in [-0.25, -0.2) is 14.8 Å². The molecule has 0 atom stereocenters. The van der Waals surface area contributed by atoms with Gasteiger partial charge in [0.05, 0.1) is 5.52 Å². The third-order valence-electron chi connectivity index (χ3n) is 4.43. The van der Waals surface area contributed by atoms with Gasteiger partial charge in [0, 0.05) is 29.9 Å². The molecule has 7 heteroatoms. The second-order valence-electron chi connectivity index (χ2n) is 7.97. The van der Waals surface area contributed by atoms with E-state index >= 15 is 0 Å². The molecule has 2 N–H and O–H groups in total. The van der Waals surface area contributed by atoms with Crippen molar-refractivity contribution in [3.8, 4) is 11.1 Å². The Kier molecular flexibility index (Phi) is 5.18. The van der Waals surface area contributed by atoms with E-state index in [1.54, 1.807) is 12.4 Å². The number of anilines is 1. The van der Waals surface area contributed by atoms with Crippen molar-refractivity contribution >= 4 is 22.8 Å². The molecule has 0 saturated carbocycles. The lowest BCUT2D eigenvalue weighted by molar-refractivity contribution is 0.00650. The predicted octanol–water partition coefficient (Wildman–Crippen LogP) is 4.59. The number of aromatic nitrogens is 4. The molecule has 2 aromatic heterocycles. The fourth-order valence-electron chi connectivity index (χ4n) is 3.03. The van der Waals surface area contributed by atoms with Crippen LogP contribution in [0.3, 0.4) is 0 Å². The highest BCUT2D eigenvalue weighted by Gasteiger charge is 2.22. The summed E-state index contributed by atoms with van der Waals surface area (Å²) in [5, 5.41) is 11.0. The van der Waals surface area contributed by atoms with Crippen molar-refractivity contribution in [2.75, 3.05) is 5.32 Å². The van der Waals surface area contributed by atoms with Gasteiger partial charge in [0.25, 0.3) is 0 Å². The summed E-state index contributed by atoms with van der Waals surface area (Å²) in [6, 6.07) is 15.8. The van der Waals surface area contributed by atoms with Crippen LogP contribution in [0.1, 0.15) is 36.8 Å². The first-order valence-electron chi connectivity index (χ1n) is 9.71. The quantitative estimate of drug-likeness (QED) is 0.475. The second kappa shape index (κ2) is 7.94. The molecule has 0 unspecified atom stereocenters. The van der Waals surface area contributed by atoms with Gasteiger partial charge in [-0.15, -0.1) is 0 Å². The number of rotatable bonds is 5. The van der Waals surface area contributed by atoms with Crippen molar-refractivity contribution in [3.05, 3.63) is 72.2 Å². The molecule has 2 aromatic carbocycles. The van der Waals surface area contributed by atoms with Crippen LogP contribution in [0.4, 0.5) is 5.95 Å². The summed E-state index contributed by atoms with van der Waals surface area (Å²) in [6.07, 6.45) is 3.54. The summed E-state index contributed by atoms with van der Waals surface area (Å²) in [4.78, 5) is 21.2. The number of aromatic amines is 1. The summed E-state index contributed by atoms with van der Waals surface area (Å²) in [5.74, 6) is 0.121. The molecule has 4 rings (SSSR count). The van der Waals surface area contributed by atoms with Gasteiger partial charge in [-0.3, -0.25) is 5.10 Å². The normalized spacial score (nSPS) is 11.4. The summed E-state index contributed by atoms with van der Waals surface area (Å²) in [5.41, 5.74) is 3.42. The molecule has 7 nitrogen and oxygen atoms in total. The standard InChI is InChI=1S/C23H23N5O2/c1-23(2,3)30-21(29)20-18-10-9-16(11-19(18)27-28-20)17-13-25-22(26-14-17)24-12-15-7-5-4-6-8-15/h4-11,13-14H,12H2,1-3H3,(H,27,28)(H,24,25,26). The maximum atomic E-state index is 12.4. The maximum Gasteiger partial charge on any atom is 0.360 e. The number of hydrogen-bond acceptors (Lipinski definition) is 6. The van der Waals surface area contributed by atoms with Gasteiger partial charge in [-0.05, 0) is 44.0 Å². The van der Waals surface area contributed by atoms with Crippen LogP contribution in [0.5, 0.6) is 0 Å². The molecule has 0 aliphatic heterocycles. The van der Waals surface area contributed by atoms with E-state index in [1.807, 2.05) is 69.3 Å². The zero-order valence-electron chi connectivity index (χ0n) is 17.1. The van der Waals surface area contributed by atoms with Crippen molar-refractivity contribution in [2.45, 2.75) is 32.9 Å². The highest BCUT2D eigenvalue weighted by molar-refractivity contribution is 6.02. The molecule has 30 heavy (non-hydrogen) atoms. The fraction of sp³-hybridized carbons (Fsp3) is 0.217. The molecule has 0 radical (unpaired) electrons. The van der Waals surface area contributed by atoms with E-state index < -0.39 is 11.6 Å². The van der Waals surface area contributed by atoms with E-state index in [-0.39, 0.29) is 5.69 Å². The van der Waals surface area contributed by atoms with E-state index in [9.17, 15) is 4.79 Å². The molecule has 0 aliphatic rings. The van der Waals surface area contributed by atoms with Crippen molar-refractivity contribution in [2.24, 2.45) is 0 Å². The van der Waals surface area contributed by atoms with Crippen molar-refractivity contribution < 1.29 is 9.53 Å². The number of nitrogens with one attached hydrogen (secondary N) is 2. The molecule has 0 fully saturated rings. The van der Waals surface area contributed by atoms with Crippen molar-refractivity contribution in [1.82, 2.24) is 20.2 Å². The Morgan fingerprint density at radius 1 is 1.03 bits per heavy atom. The van der Waals surface area contributed by atoms with Gasteiger partial charge in [0.1, 0.15) is 5.60 Å². The molecule has 0 amide bonds. The van der Waals surface area contributed by atoms with Gasteiger partial charge < -0.3 is 10.1 Å². The van der Waals surface area contributed by atoms with E-state index in [0.717, 1.165) is 27.6 Å². The number of esters is 1. The zero-order valence-corrected chi connectivity index (χ0v) is 17.1. The maximum absolute atomic E-state index is 12.4. The van der Waals surface area contributed by atoms with E-state index in [1.165, 1.54) is 0 Å². The van der Waals surface area contributed by atoms with Crippen LogP contribution in [0, 0.1) is 0 Å². The minimum Gasteiger partial charge on any atom is -0.455 e. The summed E-state index contributed by atoms with van der Waals surface area (Å²) in [7, 11) is 0. The molecular formula is C23H23N5O2. The molecule has 152 valence electrons. The zero-order chi connectivity index (χ0) is 21.1. The van der Waals surface area contributed by atoms with Crippen LogP contribution in [-0.4, -0.2) is 31.7 Å². The SMILES string of the molecule is CC(C)(C)OC(=O)c1n[nH]c2cc(-c3cnc(NCc4ccccc4)nc3)ccc12. The Hall–Kier alpha value is -3.74. The molecule has 4 aromatic rings. The number of hydrogen-bond donors (Lipinski definition) is 2. The van der Waals surface area contributed by atoms with Crippen molar-refractivity contribution in [1.29, 1.82) is 0 Å². The Bertz CT molecular complexity index is 1160. The average molecular weight is 401 g/mol. The van der Waals surface area contributed by atoms with Gasteiger partial charge >= 0.3 is 5.97 Å². The summed E-state index contributed by atoms with van der Waals surface area (Å²) in [6.45, 7) is 6.15. The van der Waals surface area contributed by atoms with Crippen LogP contribution < -0.4 is 5.32 Å². The number of H-pyrrole nitrogens is 1. The number of fused-ring (bicyclic) bond motifs is 1. The van der Waals surface area contributed by atoms with Crippen LogP contribution >= 0.6 is 0 Å². The topological polar surface area (TPSA) is 92.8 Å². The fourth-order valence-corrected chi connectivity index (χ4v) is 3.03. The second-order valence-corrected chi connectivity index (χ2v) is 7.97. The Labute approximate surface area is 174 Å². The molecule has 0 bridgehead atoms. The first-order valence-corrected chi connectivity index (χ1v) is 9.71. The van der Waals surface area contributed by atoms with Gasteiger partial charge in [-0.1, -0.05) is 36.4 Å². The molecule has 0 saturated heterocycles. The van der Waals surface area contributed by atoms with Gasteiger partial charge in [0.15, 0.2) is 5.69 Å². The first kappa shape index (κ1) is 19.6. The molecule has 2 heterocycles. The summed E-state index contributed by atoms with van der Waals surface area (Å²) < 4.78 is 5.42. The number of carbonyl (C=O) groups is 1.